The van der Waals surface area contributed by atoms with Gasteiger partial charge in [0.15, 0.2) is 28.8 Å². The highest BCUT2D eigenvalue weighted by atomic mass is 16.7. The number of phenols is 3. The standard InChI is InChI=1S/C27H32O17/c28-6-16-19(34)21(36)23(38)26(43-16)41-14-4-9(30)3-13-10(14)5-15(25(40-13)8-1-11(31)18(33)12(32)2-8)42-27-24(39)22(37)20(35)17(7-29)44-27/h1-5,13,16-17,19-24,26-39H,6-7H2. The Morgan fingerprint density at radius 1 is 0.659 bits per heavy atom. The summed E-state index contributed by atoms with van der Waals surface area (Å²) in [4.78, 5) is 0. The Morgan fingerprint density at radius 2 is 1.18 bits per heavy atom. The molecule has 0 spiro atoms. The fourth-order valence-electron chi connectivity index (χ4n) is 5.01. The van der Waals surface area contributed by atoms with Crippen LogP contribution in [0, 0.1) is 0 Å². The summed E-state index contributed by atoms with van der Waals surface area (Å²) in [7, 11) is 0. The highest BCUT2D eigenvalue weighted by molar-refractivity contribution is 5.72. The van der Waals surface area contributed by atoms with E-state index in [-0.39, 0.29) is 28.4 Å². The van der Waals surface area contributed by atoms with Crippen molar-refractivity contribution in [2.45, 2.75) is 67.5 Å². The van der Waals surface area contributed by atoms with Crippen LogP contribution in [0.25, 0.3) is 5.76 Å². The summed E-state index contributed by atoms with van der Waals surface area (Å²) in [5, 5.41) is 121. The monoisotopic (exact) mass is 628 g/mol. The van der Waals surface area contributed by atoms with Crippen molar-refractivity contribution in [3.63, 3.8) is 0 Å². The third-order valence-electron chi connectivity index (χ3n) is 7.46. The quantitative estimate of drug-likeness (QED) is 0.132. The van der Waals surface area contributed by atoms with Crippen molar-refractivity contribution >= 4 is 5.76 Å². The molecule has 0 aromatic heterocycles. The Morgan fingerprint density at radius 3 is 1.70 bits per heavy atom. The minimum atomic E-state index is -1.87. The Bertz CT molecular complexity index is 1340. The fraction of sp³-hybridized carbons (Fsp3) is 0.481. The molecule has 1 aliphatic carbocycles. The summed E-state index contributed by atoms with van der Waals surface area (Å²) >= 11 is 0. The molecule has 0 radical (unpaired) electrons. The van der Waals surface area contributed by atoms with E-state index in [1.807, 2.05) is 0 Å². The van der Waals surface area contributed by atoms with Gasteiger partial charge in [0.1, 0.15) is 66.5 Å². The molecule has 0 bridgehead atoms. The van der Waals surface area contributed by atoms with E-state index < -0.39 is 104 Å². The molecule has 4 aliphatic rings. The minimum Gasteiger partial charge on any atom is -0.508 e. The zero-order chi connectivity index (χ0) is 32.0. The van der Waals surface area contributed by atoms with Crippen molar-refractivity contribution in [3.8, 4) is 17.2 Å². The molecule has 1 aromatic rings. The molecule has 0 saturated carbocycles. The average molecular weight is 629 g/mol. The number of fused-ring (bicyclic) bond motifs is 1. The van der Waals surface area contributed by atoms with Gasteiger partial charge in [-0.05, 0) is 18.2 Å². The van der Waals surface area contributed by atoms with Crippen LogP contribution >= 0.6 is 0 Å². The van der Waals surface area contributed by atoms with Crippen LogP contribution in [0.15, 0.2) is 53.2 Å². The molecule has 2 fully saturated rings. The number of hydrogen-bond donors (Lipinski definition) is 12. The van der Waals surface area contributed by atoms with Gasteiger partial charge in [0, 0.05) is 23.3 Å². The number of ether oxygens (including phenoxy) is 5. The molecular formula is C27H32O17. The molecule has 44 heavy (non-hydrogen) atoms. The van der Waals surface area contributed by atoms with E-state index in [1.54, 1.807) is 0 Å². The van der Waals surface area contributed by atoms with Gasteiger partial charge in [-0.15, -0.1) is 0 Å². The summed E-state index contributed by atoms with van der Waals surface area (Å²) < 4.78 is 28.4. The summed E-state index contributed by atoms with van der Waals surface area (Å²) in [6.07, 6.45) is -14.4. The second-order valence-electron chi connectivity index (χ2n) is 10.4. The van der Waals surface area contributed by atoms with Crippen LogP contribution < -0.4 is 0 Å². The van der Waals surface area contributed by atoms with Gasteiger partial charge < -0.3 is 85.0 Å². The van der Waals surface area contributed by atoms with Crippen molar-refractivity contribution in [1.82, 2.24) is 0 Å². The molecule has 0 amide bonds. The molecular weight excluding hydrogens is 596 g/mol. The number of allylic oxidation sites excluding steroid dienone is 2. The van der Waals surface area contributed by atoms with Crippen molar-refractivity contribution in [2.24, 2.45) is 0 Å². The summed E-state index contributed by atoms with van der Waals surface area (Å²) in [5.74, 6) is -3.56. The number of rotatable bonds is 7. The molecule has 17 nitrogen and oxygen atoms in total. The van der Waals surface area contributed by atoms with Crippen LogP contribution in [0.4, 0.5) is 0 Å². The van der Waals surface area contributed by atoms with Gasteiger partial charge in [-0.1, -0.05) is 0 Å². The van der Waals surface area contributed by atoms with Gasteiger partial charge in [0.2, 0.25) is 12.6 Å². The molecule has 5 rings (SSSR count). The Kier molecular flexibility index (Phi) is 8.96. The van der Waals surface area contributed by atoms with Crippen molar-refractivity contribution < 1.29 is 85.0 Å². The lowest BCUT2D eigenvalue weighted by Gasteiger charge is -2.41. The minimum absolute atomic E-state index is 0.0651. The molecule has 1 aromatic carbocycles. The molecule has 11 unspecified atom stereocenters. The van der Waals surface area contributed by atoms with Gasteiger partial charge >= 0.3 is 0 Å². The highest BCUT2D eigenvalue weighted by Crippen LogP contribution is 2.43. The Balaban J connectivity index is 1.55. The molecule has 17 heteroatoms. The average Bonchev–Trinajstić information content (AvgIpc) is 2.99. The fourth-order valence-corrected chi connectivity index (χ4v) is 5.01. The first-order chi connectivity index (χ1) is 20.8. The van der Waals surface area contributed by atoms with Gasteiger partial charge in [0.05, 0.1) is 13.2 Å². The molecule has 3 heterocycles. The number of aliphatic hydroxyl groups excluding tert-OH is 9. The first-order valence-electron chi connectivity index (χ1n) is 13.3. The van der Waals surface area contributed by atoms with Crippen LogP contribution in [0.2, 0.25) is 0 Å². The van der Waals surface area contributed by atoms with Crippen LogP contribution in [0.5, 0.6) is 17.2 Å². The number of aliphatic hydroxyl groups is 9. The number of aromatic hydroxyl groups is 3. The second-order valence-corrected chi connectivity index (χ2v) is 10.4. The molecule has 12 N–H and O–H groups in total. The Hall–Kier alpha value is -3.62. The van der Waals surface area contributed by atoms with Crippen LogP contribution in [0.3, 0.4) is 0 Å². The van der Waals surface area contributed by atoms with Crippen molar-refractivity contribution in [2.75, 3.05) is 13.2 Å². The van der Waals surface area contributed by atoms with E-state index in [2.05, 4.69) is 0 Å². The van der Waals surface area contributed by atoms with Gasteiger partial charge in [-0.25, -0.2) is 0 Å². The molecule has 242 valence electrons. The molecule has 11 atom stereocenters. The topological polar surface area (TPSA) is 289 Å². The van der Waals surface area contributed by atoms with Crippen LogP contribution in [0.1, 0.15) is 5.56 Å². The third kappa shape index (κ3) is 5.77. The predicted octanol–water partition coefficient (Wildman–Crippen LogP) is -3.23. The van der Waals surface area contributed by atoms with E-state index >= 15 is 0 Å². The van der Waals surface area contributed by atoms with Crippen LogP contribution in [-0.4, -0.2) is 142 Å². The Labute approximate surface area is 247 Å². The first-order valence-corrected chi connectivity index (χ1v) is 13.3. The summed E-state index contributed by atoms with van der Waals surface area (Å²) in [6.45, 7) is -1.50. The van der Waals surface area contributed by atoms with E-state index in [9.17, 15) is 61.3 Å². The van der Waals surface area contributed by atoms with Crippen molar-refractivity contribution in [3.05, 3.63) is 58.8 Å². The van der Waals surface area contributed by atoms with E-state index in [4.69, 9.17) is 23.7 Å². The smallest absolute Gasteiger partial charge is 0.229 e. The lowest BCUT2D eigenvalue weighted by atomic mass is 9.96. The zero-order valence-electron chi connectivity index (χ0n) is 22.6. The highest BCUT2D eigenvalue weighted by Gasteiger charge is 2.47. The molecule has 3 aliphatic heterocycles. The number of hydrogen-bond acceptors (Lipinski definition) is 17. The van der Waals surface area contributed by atoms with Gasteiger partial charge in [-0.2, -0.15) is 0 Å². The SMILES string of the molecule is OCC1OC(OC2=CC(O)=CC3OC(c4cc(O)c(O)c(O)c4)=C(OC4OC(CO)C(O)C(O)C4O)C=C23)C(O)C(O)C1O. The lowest BCUT2D eigenvalue weighted by Crippen LogP contribution is -2.59. The van der Waals surface area contributed by atoms with Gasteiger partial charge in [0.25, 0.3) is 0 Å². The van der Waals surface area contributed by atoms with E-state index in [0.717, 1.165) is 18.2 Å². The summed E-state index contributed by atoms with van der Waals surface area (Å²) in [6, 6.07) is 1.99. The maximum Gasteiger partial charge on any atom is 0.229 e. The normalized spacial score (nSPS) is 37.3. The van der Waals surface area contributed by atoms with E-state index in [1.165, 1.54) is 12.2 Å². The van der Waals surface area contributed by atoms with Crippen LogP contribution in [-0.2, 0) is 23.7 Å². The lowest BCUT2D eigenvalue weighted by molar-refractivity contribution is -0.291. The second kappa shape index (κ2) is 12.4. The first kappa shape index (κ1) is 31.8. The number of phenolic OH excluding ortho intramolecular Hbond substituents is 3. The largest absolute Gasteiger partial charge is 0.508 e. The summed E-state index contributed by atoms with van der Waals surface area (Å²) in [5.41, 5.74) is -0.0261. The maximum absolute atomic E-state index is 10.6. The third-order valence-corrected chi connectivity index (χ3v) is 7.46. The zero-order valence-corrected chi connectivity index (χ0v) is 22.6. The van der Waals surface area contributed by atoms with Gasteiger partial charge in [-0.3, -0.25) is 0 Å². The number of benzene rings is 1. The maximum atomic E-state index is 10.6. The van der Waals surface area contributed by atoms with E-state index in [0.29, 0.717) is 0 Å². The van der Waals surface area contributed by atoms with Crippen molar-refractivity contribution in [1.29, 1.82) is 0 Å². The molecule has 2 saturated heterocycles. The predicted molar refractivity (Wildman–Crippen MR) is 140 cm³/mol.